The largest absolute Gasteiger partial charge is 0.354 e. The van der Waals surface area contributed by atoms with Gasteiger partial charge in [-0.2, -0.15) is 0 Å². The Morgan fingerprint density at radius 2 is 2.00 bits per heavy atom. The van der Waals surface area contributed by atoms with Crippen molar-refractivity contribution in [2.75, 3.05) is 46.3 Å². The number of carbonyl (C=O) groups is 1. The lowest BCUT2D eigenvalue weighted by molar-refractivity contribution is -0.120. The van der Waals surface area contributed by atoms with Crippen LogP contribution in [0, 0.1) is 0 Å². The summed E-state index contributed by atoms with van der Waals surface area (Å²) in [5.74, 6) is -0.0780. The van der Waals surface area contributed by atoms with Crippen molar-refractivity contribution < 1.29 is 4.79 Å². The maximum atomic E-state index is 11.2. The van der Waals surface area contributed by atoms with Gasteiger partial charge < -0.3 is 10.2 Å². The van der Waals surface area contributed by atoms with Crippen molar-refractivity contribution in [1.82, 2.24) is 15.1 Å². The molecule has 1 aliphatic heterocycles. The molecule has 1 N–H and O–H groups in total. The first-order chi connectivity index (χ1) is 7.09. The Hall–Kier alpha value is -0.320. The van der Waals surface area contributed by atoms with Crippen LogP contribution in [-0.4, -0.2) is 67.4 Å². The molecule has 0 aliphatic carbocycles. The van der Waals surface area contributed by atoms with E-state index in [4.69, 9.17) is 11.6 Å². The van der Waals surface area contributed by atoms with E-state index in [1.165, 1.54) is 0 Å². The van der Waals surface area contributed by atoms with Crippen molar-refractivity contribution in [1.29, 1.82) is 0 Å². The molecule has 4 nitrogen and oxygen atoms in total. The molecule has 0 aromatic heterocycles. The fraction of sp³-hybridized carbons (Fsp3) is 0.900. The number of hydrogen-bond acceptors (Lipinski definition) is 3. The third kappa shape index (κ3) is 4.82. The van der Waals surface area contributed by atoms with Crippen LogP contribution in [0.15, 0.2) is 0 Å². The van der Waals surface area contributed by atoms with E-state index >= 15 is 0 Å². The second kappa shape index (κ2) is 6.30. The van der Waals surface area contributed by atoms with Gasteiger partial charge in [0.25, 0.3) is 0 Å². The standard InChI is InChI=1S/C10H20ClN3O/c1-9(11)10(15)12-3-4-14-7-5-13(2)6-8-14/h9H,3-8H2,1-2H3,(H,12,15). The van der Waals surface area contributed by atoms with Crippen LogP contribution >= 0.6 is 11.6 Å². The molecule has 1 fully saturated rings. The summed E-state index contributed by atoms with van der Waals surface area (Å²) in [5, 5.41) is 2.38. The molecule has 15 heavy (non-hydrogen) atoms. The van der Waals surface area contributed by atoms with E-state index in [2.05, 4.69) is 22.2 Å². The number of amides is 1. The van der Waals surface area contributed by atoms with Gasteiger partial charge in [-0.15, -0.1) is 11.6 Å². The molecule has 0 spiro atoms. The van der Waals surface area contributed by atoms with Crippen LogP contribution in [0.2, 0.25) is 0 Å². The van der Waals surface area contributed by atoms with Gasteiger partial charge in [0.15, 0.2) is 0 Å². The van der Waals surface area contributed by atoms with E-state index in [0.29, 0.717) is 6.54 Å². The highest BCUT2D eigenvalue weighted by Crippen LogP contribution is 1.98. The summed E-state index contributed by atoms with van der Waals surface area (Å²) in [7, 11) is 2.13. The topological polar surface area (TPSA) is 35.6 Å². The number of likely N-dealkylation sites (N-methyl/N-ethyl adjacent to an activating group) is 1. The minimum atomic E-state index is -0.433. The molecule has 1 heterocycles. The van der Waals surface area contributed by atoms with Crippen molar-refractivity contribution in [3.8, 4) is 0 Å². The number of rotatable bonds is 4. The first kappa shape index (κ1) is 12.7. The van der Waals surface area contributed by atoms with E-state index in [-0.39, 0.29) is 5.91 Å². The Bertz CT molecular complexity index is 203. The molecule has 1 amide bonds. The van der Waals surface area contributed by atoms with Crippen LogP contribution in [0.25, 0.3) is 0 Å². The maximum Gasteiger partial charge on any atom is 0.237 e. The summed E-state index contributed by atoms with van der Waals surface area (Å²) < 4.78 is 0. The summed E-state index contributed by atoms with van der Waals surface area (Å²) in [6.45, 7) is 7.70. The van der Waals surface area contributed by atoms with Crippen molar-refractivity contribution in [2.24, 2.45) is 0 Å². The van der Waals surface area contributed by atoms with E-state index in [9.17, 15) is 4.79 Å². The van der Waals surface area contributed by atoms with Crippen molar-refractivity contribution >= 4 is 17.5 Å². The number of nitrogens with one attached hydrogen (secondary N) is 1. The van der Waals surface area contributed by atoms with Gasteiger partial charge in [0.2, 0.25) is 5.91 Å². The summed E-state index contributed by atoms with van der Waals surface area (Å²) in [6, 6.07) is 0. The molecule has 0 aromatic rings. The zero-order valence-electron chi connectivity index (χ0n) is 9.50. The number of halogens is 1. The highest BCUT2D eigenvalue weighted by atomic mass is 35.5. The summed E-state index contributed by atoms with van der Waals surface area (Å²) in [6.07, 6.45) is 0. The number of hydrogen-bond donors (Lipinski definition) is 1. The van der Waals surface area contributed by atoms with Crippen LogP contribution in [0.1, 0.15) is 6.92 Å². The van der Waals surface area contributed by atoms with E-state index in [1.54, 1.807) is 6.92 Å². The number of piperazine rings is 1. The fourth-order valence-corrected chi connectivity index (χ4v) is 1.63. The number of alkyl halides is 1. The second-order valence-electron chi connectivity index (χ2n) is 4.05. The summed E-state index contributed by atoms with van der Waals surface area (Å²) in [4.78, 5) is 15.8. The van der Waals surface area contributed by atoms with Crippen LogP contribution in [0.4, 0.5) is 0 Å². The van der Waals surface area contributed by atoms with Crippen LogP contribution in [-0.2, 0) is 4.79 Å². The van der Waals surface area contributed by atoms with Gasteiger partial charge in [0, 0.05) is 39.3 Å². The number of nitrogens with zero attached hydrogens (tertiary/aromatic N) is 2. The quantitative estimate of drug-likeness (QED) is 0.694. The lowest BCUT2D eigenvalue weighted by Gasteiger charge is -2.32. The molecule has 0 bridgehead atoms. The Kier molecular flexibility index (Phi) is 5.36. The van der Waals surface area contributed by atoms with Gasteiger partial charge in [-0.05, 0) is 14.0 Å². The fourth-order valence-electron chi connectivity index (χ4n) is 1.55. The third-order valence-corrected chi connectivity index (χ3v) is 2.88. The Morgan fingerprint density at radius 3 is 2.53 bits per heavy atom. The molecule has 0 saturated carbocycles. The Balaban J connectivity index is 2.08. The van der Waals surface area contributed by atoms with Gasteiger partial charge in [-0.3, -0.25) is 9.69 Å². The normalized spacial score (nSPS) is 21.3. The lowest BCUT2D eigenvalue weighted by atomic mass is 10.3. The van der Waals surface area contributed by atoms with Crippen LogP contribution < -0.4 is 5.32 Å². The van der Waals surface area contributed by atoms with Gasteiger partial charge in [0.05, 0.1) is 0 Å². The van der Waals surface area contributed by atoms with Crippen LogP contribution in [0.5, 0.6) is 0 Å². The molecule has 1 aliphatic rings. The smallest absolute Gasteiger partial charge is 0.237 e. The van der Waals surface area contributed by atoms with Gasteiger partial charge in [0.1, 0.15) is 5.38 Å². The molecule has 1 rings (SSSR count). The molecular formula is C10H20ClN3O. The molecule has 1 atom stereocenters. The zero-order chi connectivity index (χ0) is 11.3. The van der Waals surface area contributed by atoms with Crippen molar-refractivity contribution in [2.45, 2.75) is 12.3 Å². The van der Waals surface area contributed by atoms with E-state index in [1.807, 2.05) is 0 Å². The van der Waals surface area contributed by atoms with Crippen molar-refractivity contribution in [3.63, 3.8) is 0 Å². The lowest BCUT2D eigenvalue weighted by Crippen LogP contribution is -2.47. The highest BCUT2D eigenvalue weighted by Gasteiger charge is 2.14. The average Bonchev–Trinajstić information content (AvgIpc) is 2.20. The first-order valence-corrected chi connectivity index (χ1v) is 5.86. The first-order valence-electron chi connectivity index (χ1n) is 5.42. The zero-order valence-corrected chi connectivity index (χ0v) is 10.3. The SMILES string of the molecule is CC(Cl)C(=O)NCCN1CCN(C)CC1. The molecular weight excluding hydrogens is 214 g/mol. The molecule has 0 radical (unpaired) electrons. The maximum absolute atomic E-state index is 11.2. The second-order valence-corrected chi connectivity index (χ2v) is 4.71. The van der Waals surface area contributed by atoms with E-state index < -0.39 is 5.38 Å². The minimum Gasteiger partial charge on any atom is -0.354 e. The molecule has 1 saturated heterocycles. The monoisotopic (exact) mass is 233 g/mol. The Morgan fingerprint density at radius 1 is 1.40 bits per heavy atom. The van der Waals surface area contributed by atoms with Gasteiger partial charge >= 0.3 is 0 Å². The average molecular weight is 234 g/mol. The Labute approximate surface area is 96.6 Å². The summed E-state index contributed by atoms with van der Waals surface area (Å²) in [5.41, 5.74) is 0. The minimum absolute atomic E-state index is 0.0780. The third-order valence-electron chi connectivity index (χ3n) is 2.68. The number of carbonyl (C=O) groups excluding carboxylic acids is 1. The van der Waals surface area contributed by atoms with Gasteiger partial charge in [-0.1, -0.05) is 0 Å². The highest BCUT2D eigenvalue weighted by molar-refractivity contribution is 6.30. The van der Waals surface area contributed by atoms with Gasteiger partial charge in [-0.25, -0.2) is 0 Å². The molecule has 88 valence electrons. The predicted octanol–water partition coefficient (Wildman–Crippen LogP) is -0.0227. The molecule has 5 heteroatoms. The molecule has 1 unspecified atom stereocenters. The van der Waals surface area contributed by atoms with Crippen LogP contribution in [0.3, 0.4) is 0 Å². The predicted molar refractivity (Wildman–Crippen MR) is 62.3 cm³/mol. The van der Waals surface area contributed by atoms with E-state index in [0.717, 1.165) is 32.7 Å². The summed E-state index contributed by atoms with van der Waals surface area (Å²) >= 11 is 5.64. The molecule has 0 aromatic carbocycles. The van der Waals surface area contributed by atoms with Crippen molar-refractivity contribution in [3.05, 3.63) is 0 Å².